The zero-order valence-corrected chi connectivity index (χ0v) is 15.5. The molecule has 0 saturated carbocycles. The van der Waals surface area contributed by atoms with Crippen LogP contribution >= 0.6 is 0 Å². The highest BCUT2D eigenvalue weighted by Gasteiger charge is 2.29. The second-order valence-electron chi connectivity index (χ2n) is 6.86. The molecule has 10 nitrogen and oxygen atoms in total. The van der Waals surface area contributed by atoms with E-state index < -0.39 is 17.8 Å². The van der Waals surface area contributed by atoms with Crippen LogP contribution in [0.15, 0.2) is 6.07 Å². The first-order valence-corrected chi connectivity index (χ1v) is 8.73. The number of likely N-dealkylation sites (N-methyl/N-ethyl adjacent to an activating group) is 1. The van der Waals surface area contributed by atoms with Crippen LogP contribution in [0.2, 0.25) is 0 Å². The second-order valence-corrected chi connectivity index (χ2v) is 6.86. The van der Waals surface area contributed by atoms with Gasteiger partial charge >= 0.3 is 5.97 Å². The summed E-state index contributed by atoms with van der Waals surface area (Å²) in [4.78, 5) is 47.3. The van der Waals surface area contributed by atoms with E-state index in [2.05, 4.69) is 15.1 Å². The number of carboxylic acid groups (broad SMARTS) is 1. The molecular formula is C17H22N6O4. The minimum atomic E-state index is -0.899. The molecule has 1 N–H and O–H groups in total. The zero-order valence-electron chi connectivity index (χ0n) is 15.5. The van der Waals surface area contributed by atoms with Crippen molar-refractivity contribution in [2.45, 2.75) is 26.7 Å². The minimum absolute atomic E-state index is 0.0337. The van der Waals surface area contributed by atoms with Gasteiger partial charge in [0, 0.05) is 31.5 Å². The summed E-state index contributed by atoms with van der Waals surface area (Å²) < 4.78 is 1.48. The van der Waals surface area contributed by atoms with E-state index in [1.807, 2.05) is 19.9 Å². The Labute approximate surface area is 155 Å². The average molecular weight is 374 g/mol. The topological polar surface area (TPSA) is 121 Å². The normalized spacial score (nSPS) is 17.1. The lowest BCUT2D eigenvalue weighted by Gasteiger charge is -2.31. The number of carbonyl (C=O) groups is 3. The Morgan fingerprint density at radius 2 is 2.04 bits per heavy atom. The van der Waals surface area contributed by atoms with E-state index in [-0.39, 0.29) is 24.8 Å². The molecule has 0 radical (unpaired) electrons. The van der Waals surface area contributed by atoms with E-state index in [9.17, 15) is 14.4 Å². The molecule has 0 spiro atoms. The minimum Gasteiger partial charge on any atom is -0.481 e. The van der Waals surface area contributed by atoms with Gasteiger partial charge in [-0.15, -0.1) is 5.10 Å². The summed E-state index contributed by atoms with van der Waals surface area (Å²) in [5, 5.41) is 13.3. The number of likely N-dealkylation sites (tertiary alicyclic amines) is 1. The highest BCUT2D eigenvalue weighted by molar-refractivity contribution is 5.93. The maximum atomic E-state index is 12.6. The second kappa shape index (κ2) is 7.29. The molecule has 2 aromatic heterocycles. The van der Waals surface area contributed by atoms with E-state index in [0.717, 1.165) is 11.4 Å². The number of aliphatic carboxylic acids is 1. The lowest BCUT2D eigenvalue weighted by molar-refractivity contribution is -0.145. The molecule has 2 amide bonds. The number of carboxylic acids is 1. The molecule has 3 rings (SSSR count). The SMILES string of the molecule is Cc1cc(C)n2nc(C(=O)N(C)CC(=O)N3CCCC(C(=O)O)C3)nc2n1. The van der Waals surface area contributed by atoms with E-state index in [0.29, 0.717) is 25.2 Å². The molecule has 3 heterocycles. The monoisotopic (exact) mass is 374 g/mol. The fourth-order valence-electron chi connectivity index (χ4n) is 3.21. The van der Waals surface area contributed by atoms with Crippen LogP contribution in [0, 0.1) is 19.8 Å². The van der Waals surface area contributed by atoms with Gasteiger partial charge in [-0.05, 0) is 32.8 Å². The fraction of sp³-hybridized carbons (Fsp3) is 0.529. The molecule has 0 aliphatic carbocycles. The largest absolute Gasteiger partial charge is 0.481 e. The molecule has 0 bridgehead atoms. The third-order valence-electron chi connectivity index (χ3n) is 4.65. The van der Waals surface area contributed by atoms with Crippen molar-refractivity contribution < 1.29 is 19.5 Å². The van der Waals surface area contributed by atoms with Crippen molar-refractivity contribution in [3.05, 3.63) is 23.3 Å². The van der Waals surface area contributed by atoms with Gasteiger partial charge in [-0.25, -0.2) is 9.50 Å². The molecule has 1 fully saturated rings. The quantitative estimate of drug-likeness (QED) is 0.808. The standard InChI is InChI=1S/C17H22N6O4/c1-10-7-11(2)23-17(18-10)19-14(20-23)15(25)21(3)9-13(24)22-6-4-5-12(8-22)16(26)27/h7,12H,4-6,8-9H2,1-3H3,(H,26,27). The average Bonchev–Trinajstić information content (AvgIpc) is 3.05. The number of carbonyl (C=O) groups excluding carboxylic acids is 2. The van der Waals surface area contributed by atoms with Crippen molar-refractivity contribution in [1.29, 1.82) is 0 Å². The number of aromatic nitrogens is 4. The van der Waals surface area contributed by atoms with Gasteiger partial charge in [0.25, 0.3) is 11.7 Å². The molecule has 2 aromatic rings. The third-order valence-corrected chi connectivity index (χ3v) is 4.65. The van der Waals surface area contributed by atoms with Crippen molar-refractivity contribution in [3.8, 4) is 0 Å². The summed E-state index contributed by atoms with van der Waals surface area (Å²) in [5.41, 5.74) is 1.57. The highest BCUT2D eigenvalue weighted by Crippen LogP contribution is 2.17. The number of nitrogens with zero attached hydrogens (tertiary/aromatic N) is 6. The van der Waals surface area contributed by atoms with Gasteiger partial charge < -0.3 is 14.9 Å². The van der Waals surface area contributed by atoms with Crippen LogP contribution in [-0.4, -0.2) is 79.0 Å². The first-order valence-electron chi connectivity index (χ1n) is 8.73. The third kappa shape index (κ3) is 3.88. The van der Waals surface area contributed by atoms with Crippen molar-refractivity contribution in [1.82, 2.24) is 29.4 Å². The van der Waals surface area contributed by atoms with Crippen LogP contribution in [0.1, 0.15) is 34.8 Å². The van der Waals surface area contributed by atoms with E-state index in [1.54, 1.807) is 0 Å². The lowest BCUT2D eigenvalue weighted by Crippen LogP contribution is -2.47. The number of hydrogen-bond donors (Lipinski definition) is 1. The maximum absolute atomic E-state index is 12.6. The zero-order chi connectivity index (χ0) is 19.7. The van der Waals surface area contributed by atoms with Gasteiger partial charge in [-0.2, -0.15) is 4.98 Å². The van der Waals surface area contributed by atoms with Crippen LogP contribution in [0.3, 0.4) is 0 Å². The predicted molar refractivity (Wildman–Crippen MR) is 94.2 cm³/mol. The number of aryl methyl sites for hydroxylation is 2. The molecule has 1 aliphatic heterocycles. The lowest BCUT2D eigenvalue weighted by atomic mass is 9.98. The summed E-state index contributed by atoms with van der Waals surface area (Å²) in [6.07, 6.45) is 1.20. The molecule has 10 heteroatoms. The van der Waals surface area contributed by atoms with Crippen molar-refractivity contribution in [2.24, 2.45) is 5.92 Å². The Balaban J connectivity index is 1.69. The molecule has 144 valence electrons. The summed E-state index contributed by atoms with van der Waals surface area (Å²) >= 11 is 0. The summed E-state index contributed by atoms with van der Waals surface area (Å²) in [6, 6.07) is 1.83. The van der Waals surface area contributed by atoms with E-state index in [1.165, 1.54) is 21.4 Å². The molecule has 1 atom stereocenters. The van der Waals surface area contributed by atoms with Gasteiger partial charge in [-0.1, -0.05) is 0 Å². The van der Waals surface area contributed by atoms with Crippen LogP contribution in [0.4, 0.5) is 0 Å². The van der Waals surface area contributed by atoms with Gasteiger partial charge in [0.05, 0.1) is 12.5 Å². The van der Waals surface area contributed by atoms with Gasteiger partial charge in [0.1, 0.15) is 0 Å². The first-order chi connectivity index (χ1) is 12.8. The Bertz CT molecular complexity index is 908. The van der Waals surface area contributed by atoms with Crippen LogP contribution in [0.25, 0.3) is 5.78 Å². The van der Waals surface area contributed by atoms with E-state index in [4.69, 9.17) is 5.11 Å². The molecular weight excluding hydrogens is 352 g/mol. The fourth-order valence-corrected chi connectivity index (χ4v) is 3.21. The molecule has 1 aliphatic rings. The van der Waals surface area contributed by atoms with Gasteiger partial charge in [-0.3, -0.25) is 14.4 Å². The highest BCUT2D eigenvalue weighted by atomic mass is 16.4. The molecule has 1 saturated heterocycles. The van der Waals surface area contributed by atoms with E-state index >= 15 is 0 Å². The molecule has 1 unspecified atom stereocenters. The summed E-state index contributed by atoms with van der Waals surface area (Å²) in [7, 11) is 1.50. The number of rotatable bonds is 4. The number of piperidine rings is 1. The van der Waals surface area contributed by atoms with Gasteiger partial charge in [0.2, 0.25) is 11.7 Å². The molecule has 0 aromatic carbocycles. The van der Waals surface area contributed by atoms with Crippen molar-refractivity contribution in [2.75, 3.05) is 26.7 Å². The van der Waals surface area contributed by atoms with Crippen molar-refractivity contribution in [3.63, 3.8) is 0 Å². The molecule has 27 heavy (non-hydrogen) atoms. The Morgan fingerprint density at radius 3 is 2.74 bits per heavy atom. The number of hydrogen-bond acceptors (Lipinski definition) is 6. The van der Waals surface area contributed by atoms with Gasteiger partial charge in [0.15, 0.2) is 0 Å². The van der Waals surface area contributed by atoms with Crippen molar-refractivity contribution >= 4 is 23.6 Å². The van der Waals surface area contributed by atoms with Crippen LogP contribution < -0.4 is 0 Å². The van der Waals surface area contributed by atoms with Crippen LogP contribution in [0.5, 0.6) is 0 Å². The Morgan fingerprint density at radius 1 is 1.30 bits per heavy atom. The Hall–Kier alpha value is -3.04. The first kappa shape index (κ1) is 18.7. The predicted octanol–water partition coefficient (Wildman–Crippen LogP) is 0.136. The number of amides is 2. The smallest absolute Gasteiger partial charge is 0.308 e. The number of fused-ring (bicyclic) bond motifs is 1. The summed E-state index contributed by atoms with van der Waals surface area (Å²) in [5.74, 6) is -1.93. The summed E-state index contributed by atoms with van der Waals surface area (Å²) in [6.45, 7) is 4.18. The Kier molecular flexibility index (Phi) is 5.06. The maximum Gasteiger partial charge on any atom is 0.308 e. The van der Waals surface area contributed by atoms with Crippen LogP contribution in [-0.2, 0) is 9.59 Å².